The molecule has 1 aliphatic carbocycles. The van der Waals surface area contributed by atoms with Gasteiger partial charge in [0.05, 0.1) is 17.9 Å². The van der Waals surface area contributed by atoms with E-state index in [1.807, 2.05) is 23.9 Å². The van der Waals surface area contributed by atoms with E-state index in [-0.39, 0.29) is 23.7 Å². The summed E-state index contributed by atoms with van der Waals surface area (Å²) in [5.41, 5.74) is 1.21. The number of aromatic nitrogens is 2. The molecule has 8 heteroatoms. The summed E-state index contributed by atoms with van der Waals surface area (Å²) in [6.45, 7) is 2.23. The van der Waals surface area contributed by atoms with E-state index in [4.69, 9.17) is 4.74 Å². The van der Waals surface area contributed by atoms with Crippen molar-refractivity contribution in [2.45, 2.75) is 25.2 Å². The number of carbonyl (C=O) groups excluding carboxylic acids is 2. The highest BCUT2D eigenvalue weighted by Gasteiger charge is 2.38. The molecule has 3 rings (SSSR count). The fourth-order valence-corrected chi connectivity index (χ4v) is 3.22. The van der Waals surface area contributed by atoms with E-state index in [2.05, 4.69) is 15.3 Å². The van der Waals surface area contributed by atoms with Crippen LogP contribution in [0.1, 0.15) is 41.2 Å². The number of ether oxygens (including phenoxy) is 1. The van der Waals surface area contributed by atoms with Crippen LogP contribution in [0, 0.1) is 5.92 Å². The summed E-state index contributed by atoms with van der Waals surface area (Å²) in [6.07, 6.45) is 4.42. The Bertz CT molecular complexity index is 675. The second-order valence-electron chi connectivity index (χ2n) is 7.16. The number of likely N-dealkylation sites (tertiary alicyclic amines) is 1. The molecule has 0 spiro atoms. The normalized spacial score (nSPS) is 19.5. The van der Waals surface area contributed by atoms with Crippen LogP contribution in [0.25, 0.3) is 0 Å². The molecule has 142 valence electrons. The highest BCUT2D eigenvalue weighted by Crippen LogP contribution is 2.35. The number of anilines is 1. The molecule has 0 radical (unpaired) electrons. The van der Waals surface area contributed by atoms with Crippen molar-refractivity contribution in [1.82, 2.24) is 20.2 Å². The van der Waals surface area contributed by atoms with E-state index >= 15 is 0 Å². The molecule has 2 heterocycles. The maximum Gasteiger partial charge on any atom is 0.254 e. The summed E-state index contributed by atoms with van der Waals surface area (Å²) in [5, 5.41) is 2.84. The predicted molar refractivity (Wildman–Crippen MR) is 97.2 cm³/mol. The van der Waals surface area contributed by atoms with Crippen LogP contribution in [-0.4, -0.2) is 74.1 Å². The third kappa shape index (κ3) is 4.12. The monoisotopic (exact) mass is 361 g/mol. The van der Waals surface area contributed by atoms with E-state index in [0.717, 1.165) is 31.5 Å². The summed E-state index contributed by atoms with van der Waals surface area (Å²) < 4.78 is 4.98. The number of nitrogens with one attached hydrogen (secondary N) is 1. The molecule has 2 aliphatic rings. The summed E-state index contributed by atoms with van der Waals surface area (Å²) in [4.78, 5) is 37.6. The van der Waals surface area contributed by atoms with Crippen molar-refractivity contribution >= 4 is 17.8 Å². The van der Waals surface area contributed by atoms with Gasteiger partial charge in [-0.3, -0.25) is 9.59 Å². The second-order valence-corrected chi connectivity index (χ2v) is 7.16. The average molecular weight is 361 g/mol. The molecular weight excluding hydrogens is 334 g/mol. The Balaban J connectivity index is 1.79. The molecule has 1 atom stereocenters. The minimum Gasteiger partial charge on any atom is -0.383 e. The lowest BCUT2D eigenvalue weighted by molar-refractivity contribution is -0.131. The van der Waals surface area contributed by atoms with E-state index < -0.39 is 0 Å². The molecular formula is C18H27N5O3. The first-order valence-electron chi connectivity index (χ1n) is 9.11. The molecule has 26 heavy (non-hydrogen) atoms. The van der Waals surface area contributed by atoms with Gasteiger partial charge in [0.1, 0.15) is 0 Å². The quantitative estimate of drug-likeness (QED) is 0.718. The van der Waals surface area contributed by atoms with Crippen molar-refractivity contribution in [2.75, 3.05) is 52.3 Å². The molecule has 1 aromatic heterocycles. The molecule has 2 amide bonds. The van der Waals surface area contributed by atoms with Crippen LogP contribution in [0.15, 0.2) is 6.20 Å². The number of amides is 2. The van der Waals surface area contributed by atoms with Gasteiger partial charge in [0.2, 0.25) is 11.9 Å². The summed E-state index contributed by atoms with van der Waals surface area (Å²) >= 11 is 0. The average Bonchev–Trinajstić information content (AvgIpc) is 3.37. The molecule has 1 saturated carbocycles. The first-order chi connectivity index (χ1) is 12.5. The molecule has 1 aliphatic heterocycles. The van der Waals surface area contributed by atoms with Crippen molar-refractivity contribution in [3.63, 3.8) is 0 Å². The lowest BCUT2D eigenvalue weighted by Crippen LogP contribution is -2.31. The summed E-state index contributed by atoms with van der Waals surface area (Å²) in [6, 6.07) is 0. The topological polar surface area (TPSA) is 87.7 Å². The van der Waals surface area contributed by atoms with Crippen LogP contribution >= 0.6 is 0 Å². The number of hydrogen-bond donors (Lipinski definition) is 1. The van der Waals surface area contributed by atoms with E-state index in [9.17, 15) is 9.59 Å². The van der Waals surface area contributed by atoms with Gasteiger partial charge in [-0.2, -0.15) is 0 Å². The summed E-state index contributed by atoms with van der Waals surface area (Å²) in [7, 11) is 5.33. The third-order valence-corrected chi connectivity index (χ3v) is 4.86. The van der Waals surface area contributed by atoms with Crippen molar-refractivity contribution < 1.29 is 14.3 Å². The van der Waals surface area contributed by atoms with Gasteiger partial charge in [0, 0.05) is 58.9 Å². The Morgan fingerprint density at radius 3 is 2.77 bits per heavy atom. The van der Waals surface area contributed by atoms with E-state index in [1.165, 1.54) is 0 Å². The van der Waals surface area contributed by atoms with Crippen LogP contribution in [-0.2, 0) is 9.53 Å². The fraction of sp³-hybridized carbons (Fsp3) is 0.667. The highest BCUT2D eigenvalue weighted by atomic mass is 16.5. The summed E-state index contributed by atoms with van der Waals surface area (Å²) in [5.74, 6) is 0.895. The molecule has 2 fully saturated rings. The Labute approximate surface area is 153 Å². The standard InChI is InChI=1S/C18H27N5O3/c1-22(2)18-20-10-14(16(24)19-7-9-26-3)15(21-18)13-6-8-23(11-13)17(25)12-4-5-12/h10,12-13H,4-9,11H2,1-3H3,(H,19,24). The van der Waals surface area contributed by atoms with E-state index in [0.29, 0.717) is 31.2 Å². The maximum absolute atomic E-state index is 12.6. The van der Waals surface area contributed by atoms with Gasteiger partial charge in [-0.25, -0.2) is 9.97 Å². The maximum atomic E-state index is 12.6. The second kappa shape index (κ2) is 7.99. The predicted octanol–water partition coefficient (Wildman–Crippen LogP) is 0.645. The smallest absolute Gasteiger partial charge is 0.254 e. The zero-order valence-corrected chi connectivity index (χ0v) is 15.7. The molecule has 1 aromatic rings. The Kier molecular flexibility index (Phi) is 5.70. The largest absolute Gasteiger partial charge is 0.383 e. The Hall–Kier alpha value is -2.22. The van der Waals surface area contributed by atoms with Crippen LogP contribution in [0.3, 0.4) is 0 Å². The van der Waals surface area contributed by atoms with Gasteiger partial charge in [-0.1, -0.05) is 0 Å². The van der Waals surface area contributed by atoms with Gasteiger partial charge in [-0.15, -0.1) is 0 Å². The molecule has 1 saturated heterocycles. The number of hydrogen-bond acceptors (Lipinski definition) is 6. The van der Waals surface area contributed by atoms with Crippen molar-refractivity contribution in [3.8, 4) is 0 Å². The number of carbonyl (C=O) groups is 2. The van der Waals surface area contributed by atoms with Gasteiger partial charge in [0.25, 0.3) is 5.91 Å². The van der Waals surface area contributed by atoms with Gasteiger partial charge >= 0.3 is 0 Å². The van der Waals surface area contributed by atoms with Crippen molar-refractivity contribution in [2.24, 2.45) is 5.92 Å². The molecule has 0 bridgehead atoms. The zero-order valence-electron chi connectivity index (χ0n) is 15.7. The van der Waals surface area contributed by atoms with Crippen molar-refractivity contribution in [3.05, 3.63) is 17.5 Å². The van der Waals surface area contributed by atoms with Crippen LogP contribution in [0.4, 0.5) is 5.95 Å². The first-order valence-corrected chi connectivity index (χ1v) is 9.11. The zero-order chi connectivity index (χ0) is 18.7. The van der Waals surface area contributed by atoms with Crippen molar-refractivity contribution in [1.29, 1.82) is 0 Å². The molecule has 8 nitrogen and oxygen atoms in total. The van der Waals surface area contributed by atoms with Gasteiger partial charge in [-0.05, 0) is 19.3 Å². The Morgan fingerprint density at radius 1 is 1.35 bits per heavy atom. The number of methoxy groups -OCH3 is 1. The van der Waals surface area contributed by atoms with Crippen LogP contribution in [0.2, 0.25) is 0 Å². The fourth-order valence-electron chi connectivity index (χ4n) is 3.22. The minimum absolute atomic E-state index is 0.0579. The van der Waals surface area contributed by atoms with Gasteiger partial charge in [0.15, 0.2) is 0 Å². The first kappa shape index (κ1) is 18.6. The highest BCUT2D eigenvalue weighted by molar-refractivity contribution is 5.95. The van der Waals surface area contributed by atoms with Crippen LogP contribution < -0.4 is 10.2 Å². The molecule has 1 unspecified atom stereocenters. The minimum atomic E-state index is -0.200. The lowest BCUT2D eigenvalue weighted by atomic mass is 9.99. The van der Waals surface area contributed by atoms with E-state index in [1.54, 1.807) is 13.3 Å². The third-order valence-electron chi connectivity index (χ3n) is 4.86. The van der Waals surface area contributed by atoms with Gasteiger partial charge < -0.3 is 19.9 Å². The molecule has 1 N–H and O–H groups in total. The number of rotatable bonds is 7. The number of nitrogens with zero attached hydrogens (tertiary/aromatic N) is 4. The Morgan fingerprint density at radius 2 is 2.12 bits per heavy atom. The van der Waals surface area contributed by atoms with Crippen LogP contribution in [0.5, 0.6) is 0 Å². The SMILES string of the molecule is COCCNC(=O)c1cnc(N(C)C)nc1C1CCN(C(=O)C2CC2)C1. The lowest BCUT2D eigenvalue weighted by Gasteiger charge is -2.19. The molecule has 0 aromatic carbocycles.